The Morgan fingerprint density at radius 3 is 2.48 bits per heavy atom. The van der Waals surface area contributed by atoms with Crippen LogP contribution in [-0.4, -0.2) is 35.4 Å². The zero-order valence-corrected chi connectivity index (χ0v) is 17.6. The van der Waals surface area contributed by atoms with Crippen molar-refractivity contribution in [3.63, 3.8) is 0 Å². The number of hydrogen-bond acceptors (Lipinski definition) is 5. The molecular formula is C22H21N5O3S. The van der Waals surface area contributed by atoms with Crippen molar-refractivity contribution in [3.05, 3.63) is 84.3 Å². The summed E-state index contributed by atoms with van der Waals surface area (Å²) in [5.41, 5.74) is 3.08. The highest BCUT2D eigenvalue weighted by Crippen LogP contribution is 2.16. The van der Waals surface area contributed by atoms with Gasteiger partial charge in [-0.1, -0.05) is 25.1 Å². The van der Waals surface area contributed by atoms with E-state index < -0.39 is 10.0 Å². The Morgan fingerprint density at radius 1 is 1.00 bits per heavy atom. The highest BCUT2D eigenvalue weighted by molar-refractivity contribution is 7.89. The van der Waals surface area contributed by atoms with Gasteiger partial charge < -0.3 is 5.32 Å². The van der Waals surface area contributed by atoms with Crippen LogP contribution in [0.15, 0.2) is 78.1 Å². The van der Waals surface area contributed by atoms with Gasteiger partial charge in [0.05, 0.1) is 15.9 Å². The van der Waals surface area contributed by atoms with Crippen molar-refractivity contribution in [2.24, 2.45) is 0 Å². The van der Waals surface area contributed by atoms with Crippen LogP contribution in [0.2, 0.25) is 0 Å². The van der Waals surface area contributed by atoms with Gasteiger partial charge in [-0.15, -0.1) is 0 Å². The molecule has 0 spiro atoms. The molecule has 0 unspecified atom stereocenters. The Bertz CT molecular complexity index is 1310. The molecule has 0 aliphatic heterocycles. The van der Waals surface area contributed by atoms with Crippen molar-refractivity contribution in [1.29, 1.82) is 0 Å². The molecule has 0 saturated heterocycles. The first-order valence-corrected chi connectivity index (χ1v) is 11.2. The van der Waals surface area contributed by atoms with Crippen LogP contribution in [0.1, 0.15) is 22.8 Å². The third-order valence-corrected chi connectivity index (χ3v) is 6.29. The summed E-state index contributed by atoms with van der Waals surface area (Å²) >= 11 is 0. The molecule has 2 aromatic heterocycles. The molecule has 2 N–H and O–H groups in total. The van der Waals surface area contributed by atoms with Gasteiger partial charge in [0.2, 0.25) is 10.0 Å². The van der Waals surface area contributed by atoms with Crippen LogP contribution >= 0.6 is 0 Å². The van der Waals surface area contributed by atoms with Gasteiger partial charge in [-0.05, 0) is 48.0 Å². The summed E-state index contributed by atoms with van der Waals surface area (Å²) in [6, 6.07) is 17.4. The van der Waals surface area contributed by atoms with Crippen molar-refractivity contribution in [3.8, 4) is 5.82 Å². The van der Waals surface area contributed by atoms with Crippen molar-refractivity contribution in [1.82, 2.24) is 24.6 Å². The van der Waals surface area contributed by atoms with Gasteiger partial charge in [0.15, 0.2) is 0 Å². The van der Waals surface area contributed by atoms with Crippen molar-refractivity contribution in [2.75, 3.05) is 6.54 Å². The second-order valence-electron chi connectivity index (χ2n) is 6.84. The number of pyridine rings is 1. The first-order chi connectivity index (χ1) is 15.0. The number of hydrogen-bond donors (Lipinski definition) is 2. The summed E-state index contributed by atoms with van der Waals surface area (Å²) in [6.07, 6.45) is 3.44. The molecule has 158 valence electrons. The standard InChI is InChI=1S/C22H21N5O3S/c1-2-26-31(29,30)18-10-8-17(9-11-18)22(28)24-14-16-7-12-21(23-13-16)27-15-25-19-5-3-4-6-20(19)27/h3-13,15,26H,2,14H2,1H3,(H,24,28). The molecule has 2 heterocycles. The highest BCUT2D eigenvalue weighted by atomic mass is 32.2. The van der Waals surface area contributed by atoms with Crippen LogP contribution in [0.25, 0.3) is 16.9 Å². The lowest BCUT2D eigenvalue weighted by atomic mass is 10.2. The molecule has 0 atom stereocenters. The Morgan fingerprint density at radius 2 is 1.77 bits per heavy atom. The Labute approximate surface area is 180 Å². The lowest BCUT2D eigenvalue weighted by molar-refractivity contribution is 0.0951. The van der Waals surface area contributed by atoms with E-state index in [9.17, 15) is 13.2 Å². The number of carbonyl (C=O) groups excluding carboxylic acids is 1. The molecule has 0 aliphatic carbocycles. The average molecular weight is 436 g/mol. The minimum Gasteiger partial charge on any atom is -0.348 e. The van der Waals surface area contributed by atoms with Crippen molar-refractivity contribution < 1.29 is 13.2 Å². The van der Waals surface area contributed by atoms with Gasteiger partial charge in [-0.25, -0.2) is 23.1 Å². The maximum Gasteiger partial charge on any atom is 0.251 e. The molecule has 4 aromatic rings. The minimum absolute atomic E-state index is 0.123. The summed E-state index contributed by atoms with van der Waals surface area (Å²) in [6.45, 7) is 2.31. The SMILES string of the molecule is CCNS(=O)(=O)c1ccc(C(=O)NCc2ccc(-n3cnc4ccccc43)nc2)cc1. The Balaban J connectivity index is 1.41. The second-order valence-corrected chi connectivity index (χ2v) is 8.60. The Kier molecular flexibility index (Phi) is 5.79. The summed E-state index contributed by atoms with van der Waals surface area (Å²) in [5.74, 6) is 0.443. The summed E-state index contributed by atoms with van der Waals surface area (Å²) in [7, 11) is -3.54. The smallest absolute Gasteiger partial charge is 0.251 e. The lowest BCUT2D eigenvalue weighted by Crippen LogP contribution is -2.24. The summed E-state index contributed by atoms with van der Waals surface area (Å²) in [5, 5.41) is 2.82. The van der Waals surface area contributed by atoms with Gasteiger partial charge in [0.1, 0.15) is 12.1 Å². The average Bonchev–Trinajstić information content (AvgIpc) is 3.22. The summed E-state index contributed by atoms with van der Waals surface area (Å²) < 4.78 is 28.3. The van der Waals surface area contributed by atoms with Crippen LogP contribution in [0.3, 0.4) is 0 Å². The molecule has 0 radical (unpaired) electrons. The topological polar surface area (TPSA) is 106 Å². The van der Waals surface area contributed by atoms with E-state index in [-0.39, 0.29) is 10.8 Å². The van der Waals surface area contributed by atoms with Crippen LogP contribution < -0.4 is 10.0 Å². The van der Waals surface area contributed by atoms with Crippen molar-refractivity contribution >= 4 is 27.0 Å². The van der Waals surface area contributed by atoms with E-state index in [1.54, 1.807) is 19.4 Å². The van der Waals surface area contributed by atoms with E-state index in [0.29, 0.717) is 18.7 Å². The van der Waals surface area contributed by atoms with E-state index >= 15 is 0 Å². The predicted octanol–water partition coefficient (Wildman–Crippen LogP) is 2.65. The fraction of sp³-hybridized carbons (Fsp3) is 0.136. The number of benzene rings is 2. The van der Waals surface area contributed by atoms with Crippen molar-refractivity contribution in [2.45, 2.75) is 18.4 Å². The third-order valence-electron chi connectivity index (χ3n) is 4.72. The summed E-state index contributed by atoms with van der Waals surface area (Å²) in [4.78, 5) is 21.4. The van der Waals surface area contributed by atoms with E-state index in [2.05, 4.69) is 20.0 Å². The number of nitrogens with one attached hydrogen (secondary N) is 2. The molecule has 1 amide bonds. The zero-order chi connectivity index (χ0) is 21.8. The molecular weight excluding hydrogens is 414 g/mol. The number of imidazole rings is 1. The number of sulfonamides is 1. The molecule has 4 rings (SSSR count). The number of nitrogens with zero attached hydrogens (tertiary/aromatic N) is 3. The number of carbonyl (C=O) groups is 1. The quantitative estimate of drug-likeness (QED) is 0.464. The predicted molar refractivity (Wildman–Crippen MR) is 117 cm³/mol. The Hall–Kier alpha value is -3.56. The second kappa shape index (κ2) is 8.66. The fourth-order valence-corrected chi connectivity index (χ4v) is 4.19. The first-order valence-electron chi connectivity index (χ1n) is 9.73. The molecule has 31 heavy (non-hydrogen) atoms. The molecule has 8 nitrogen and oxygen atoms in total. The maximum atomic E-state index is 12.4. The van der Waals surface area contributed by atoms with Gasteiger partial charge in [-0.3, -0.25) is 9.36 Å². The fourth-order valence-electron chi connectivity index (χ4n) is 3.15. The number of fused-ring (bicyclic) bond motifs is 1. The monoisotopic (exact) mass is 435 g/mol. The molecule has 0 aliphatic rings. The van der Waals surface area contributed by atoms with E-state index in [0.717, 1.165) is 22.4 Å². The maximum absolute atomic E-state index is 12.4. The van der Waals surface area contributed by atoms with Crippen LogP contribution in [-0.2, 0) is 16.6 Å². The zero-order valence-electron chi connectivity index (χ0n) is 16.8. The number of aromatic nitrogens is 3. The lowest BCUT2D eigenvalue weighted by Gasteiger charge is -2.08. The third kappa shape index (κ3) is 4.47. The van der Waals surface area contributed by atoms with E-state index in [1.165, 1.54) is 24.3 Å². The number of amides is 1. The molecule has 0 bridgehead atoms. The van der Waals surface area contributed by atoms with Crippen LogP contribution in [0.4, 0.5) is 0 Å². The van der Waals surface area contributed by atoms with E-state index in [1.807, 2.05) is 41.0 Å². The van der Waals surface area contributed by atoms with Gasteiger partial charge in [0.25, 0.3) is 5.91 Å². The largest absolute Gasteiger partial charge is 0.348 e. The van der Waals surface area contributed by atoms with Gasteiger partial charge >= 0.3 is 0 Å². The molecule has 0 fully saturated rings. The number of para-hydroxylation sites is 2. The molecule has 0 saturated carbocycles. The normalized spacial score (nSPS) is 11.5. The van der Waals surface area contributed by atoms with Gasteiger partial charge in [0, 0.05) is 24.8 Å². The van der Waals surface area contributed by atoms with Gasteiger partial charge in [-0.2, -0.15) is 0 Å². The highest BCUT2D eigenvalue weighted by Gasteiger charge is 2.13. The first kappa shape index (κ1) is 20.7. The molecule has 2 aromatic carbocycles. The van der Waals surface area contributed by atoms with E-state index in [4.69, 9.17) is 0 Å². The molecule has 9 heteroatoms. The van der Waals surface area contributed by atoms with Crippen LogP contribution in [0, 0.1) is 0 Å². The van der Waals surface area contributed by atoms with Crippen LogP contribution in [0.5, 0.6) is 0 Å². The number of rotatable bonds is 7. The minimum atomic E-state index is -3.54.